The fourth-order valence-electron chi connectivity index (χ4n) is 3.58. The third kappa shape index (κ3) is 6.30. The molecule has 0 saturated carbocycles. The lowest BCUT2D eigenvalue weighted by Gasteiger charge is -2.16. The van der Waals surface area contributed by atoms with Crippen molar-refractivity contribution in [2.45, 2.75) is 33.0 Å². The monoisotopic (exact) mass is 445 g/mol. The summed E-state index contributed by atoms with van der Waals surface area (Å²) < 4.78 is 30.7. The Morgan fingerprint density at radius 2 is 1.48 bits per heavy atom. The van der Waals surface area contributed by atoms with Crippen molar-refractivity contribution < 1.29 is 18.6 Å². The summed E-state index contributed by atoms with van der Waals surface area (Å²) in [6.07, 6.45) is 1.72. The number of halogens is 1. The van der Waals surface area contributed by atoms with Crippen LogP contribution in [0.15, 0.2) is 78.9 Å². The Morgan fingerprint density at radius 1 is 0.758 bits per heavy atom. The second-order valence-corrected chi connectivity index (χ2v) is 7.87. The zero-order valence-corrected chi connectivity index (χ0v) is 18.8. The number of unbranched alkanes of at least 4 members (excludes halogenated alkanes) is 1. The highest BCUT2D eigenvalue weighted by molar-refractivity contribution is 5.86. The number of pyridine rings is 1. The molecule has 0 unspecified atom stereocenters. The number of hydrogen-bond acceptors (Lipinski definition) is 4. The topological polar surface area (TPSA) is 40.6 Å². The van der Waals surface area contributed by atoms with Gasteiger partial charge in [-0.25, -0.2) is 9.37 Å². The van der Waals surface area contributed by atoms with E-state index < -0.39 is 0 Å². The molecule has 0 atom stereocenters. The van der Waals surface area contributed by atoms with Crippen molar-refractivity contribution in [3.05, 3.63) is 102 Å². The first-order chi connectivity index (χ1) is 16.2. The van der Waals surface area contributed by atoms with Gasteiger partial charge in [0.1, 0.15) is 23.9 Å². The van der Waals surface area contributed by atoms with Gasteiger partial charge in [-0.3, -0.25) is 0 Å². The molecule has 0 spiro atoms. The van der Waals surface area contributed by atoms with Crippen LogP contribution in [0.3, 0.4) is 0 Å². The van der Waals surface area contributed by atoms with Crippen LogP contribution in [-0.2, 0) is 18.0 Å². The molecule has 0 radical (unpaired) electrons. The van der Waals surface area contributed by atoms with Crippen LogP contribution in [0.4, 0.5) is 4.39 Å². The Hall–Kier alpha value is -3.44. The van der Waals surface area contributed by atoms with E-state index in [1.807, 2.05) is 49.4 Å². The summed E-state index contributed by atoms with van der Waals surface area (Å²) in [6, 6.07) is 24.2. The van der Waals surface area contributed by atoms with E-state index in [1.54, 1.807) is 12.1 Å². The van der Waals surface area contributed by atoms with E-state index in [0.29, 0.717) is 32.2 Å². The normalized spacial score (nSPS) is 11.0. The molecule has 4 aromatic rings. The number of fused-ring (bicyclic) bond motifs is 1. The molecule has 33 heavy (non-hydrogen) atoms. The highest BCUT2D eigenvalue weighted by Crippen LogP contribution is 2.31. The largest absolute Gasteiger partial charge is 0.494 e. The van der Waals surface area contributed by atoms with Crippen LogP contribution in [0, 0.1) is 12.7 Å². The molecule has 0 aliphatic carbocycles. The zero-order valence-electron chi connectivity index (χ0n) is 18.8. The van der Waals surface area contributed by atoms with Crippen LogP contribution >= 0.6 is 0 Å². The number of nitrogens with zero attached hydrogens (tertiary/aromatic N) is 1. The van der Waals surface area contributed by atoms with E-state index in [0.717, 1.165) is 46.3 Å². The van der Waals surface area contributed by atoms with Crippen molar-refractivity contribution in [1.29, 1.82) is 0 Å². The fraction of sp³-hybridized carbons (Fsp3) is 0.250. The molecular weight excluding hydrogens is 417 g/mol. The summed E-state index contributed by atoms with van der Waals surface area (Å²) in [5.74, 6) is 1.27. The molecule has 4 nitrogen and oxygen atoms in total. The second-order valence-electron chi connectivity index (χ2n) is 7.87. The molecule has 0 amide bonds. The summed E-state index contributed by atoms with van der Waals surface area (Å²) >= 11 is 0. The van der Waals surface area contributed by atoms with Crippen LogP contribution in [0.2, 0.25) is 0 Å². The van der Waals surface area contributed by atoms with E-state index >= 15 is 0 Å². The van der Waals surface area contributed by atoms with Crippen molar-refractivity contribution in [1.82, 2.24) is 4.98 Å². The molecule has 3 aromatic carbocycles. The number of aromatic nitrogens is 1. The van der Waals surface area contributed by atoms with E-state index in [9.17, 15) is 4.39 Å². The minimum Gasteiger partial charge on any atom is -0.494 e. The molecule has 1 heterocycles. The predicted molar refractivity (Wildman–Crippen MR) is 128 cm³/mol. The van der Waals surface area contributed by atoms with Crippen LogP contribution in [-0.4, -0.2) is 18.2 Å². The van der Waals surface area contributed by atoms with E-state index in [4.69, 9.17) is 19.2 Å². The molecule has 0 saturated heterocycles. The van der Waals surface area contributed by atoms with Crippen LogP contribution in [0.1, 0.15) is 29.7 Å². The maximum absolute atomic E-state index is 12.9. The van der Waals surface area contributed by atoms with Crippen molar-refractivity contribution in [3.8, 4) is 11.5 Å². The van der Waals surface area contributed by atoms with E-state index in [-0.39, 0.29) is 5.82 Å². The summed E-state index contributed by atoms with van der Waals surface area (Å²) in [6.45, 7) is 4.15. The molecule has 4 rings (SSSR count). The van der Waals surface area contributed by atoms with Crippen molar-refractivity contribution >= 4 is 10.9 Å². The smallest absolute Gasteiger partial charge is 0.134 e. The van der Waals surface area contributed by atoms with Crippen LogP contribution in [0.25, 0.3) is 10.9 Å². The number of para-hydroxylation sites is 1. The predicted octanol–water partition coefficient (Wildman–Crippen LogP) is 6.64. The van der Waals surface area contributed by atoms with Gasteiger partial charge < -0.3 is 14.2 Å². The summed E-state index contributed by atoms with van der Waals surface area (Å²) in [5, 5.41) is 1.01. The Balaban J connectivity index is 1.31. The van der Waals surface area contributed by atoms with E-state index in [2.05, 4.69) is 12.1 Å². The summed E-state index contributed by atoms with van der Waals surface area (Å²) in [7, 11) is 0. The van der Waals surface area contributed by atoms with Gasteiger partial charge >= 0.3 is 0 Å². The molecular formula is C28H28FNO3. The highest BCUT2D eigenvalue weighted by atomic mass is 19.1. The highest BCUT2D eigenvalue weighted by Gasteiger charge is 2.13. The van der Waals surface area contributed by atoms with Gasteiger partial charge in [0.15, 0.2) is 0 Å². The lowest BCUT2D eigenvalue weighted by molar-refractivity contribution is 0.111. The maximum Gasteiger partial charge on any atom is 0.134 e. The SMILES string of the molecule is Cc1c(COCCCCOc2ccc(F)cc2)nc2ccccc2c1OCc1ccccc1. The van der Waals surface area contributed by atoms with Gasteiger partial charge in [-0.1, -0.05) is 42.5 Å². The molecule has 0 bridgehead atoms. The van der Waals surface area contributed by atoms with Gasteiger partial charge in [-0.15, -0.1) is 0 Å². The van der Waals surface area contributed by atoms with Gasteiger partial charge in [0, 0.05) is 17.6 Å². The average molecular weight is 446 g/mol. The molecule has 1 aromatic heterocycles. The zero-order chi connectivity index (χ0) is 22.9. The van der Waals surface area contributed by atoms with Crippen LogP contribution < -0.4 is 9.47 Å². The maximum atomic E-state index is 12.9. The van der Waals surface area contributed by atoms with Crippen molar-refractivity contribution in [2.24, 2.45) is 0 Å². The summed E-state index contributed by atoms with van der Waals surface area (Å²) in [5.41, 5.74) is 3.92. The minimum atomic E-state index is -0.262. The van der Waals surface area contributed by atoms with Crippen molar-refractivity contribution in [3.63, 3.8) is 0 Å². The number of rotatable bonds is 11. The third-order valence-electron chi connectivity index (χ3n) is 5.41. The van der Waals surface area contributed by atoms with E-state index in [1.165, 1.54) is 12.1 Å². The van der Waals surface area contributed by atoms with Gasteiger partial charge in [0.05, 0.1) is 24.4 Å². The molecule has 0 aliphatic heterocycles. The average Bonchev–Trinajstić information content (AvgIpc) is 2.85. The minimum absolute atomic E-state index is 0.262. The first kappa shape index (κ1) is 22.7. The lowest BCUT2D eigenvalue weighted by Crippen LogP contribution is -2.06. The molecule has 170 valence electrons. The number of ether oxygens (including phenoxy) is 3. The second kappa shape index (κ2) is 11.4. The standard InChI is InChI=1S/C28H28FNO3/c1-21-27(20-31-17-7-8-18-32-24-15-13-23(29)14-16-24)30-26-12-6-5-11-25(26)28(21)33-19-22-9-3-2-4-10-22/h2-6,9-16H,7-8,17-20H2,1H3. The Bertz CT molecular complexity index is 1160. The van der Waals surface area contributed by atoms with Gasteiger partial charge in [-0.2, -0.15) is 0 Å². The Kier molecular flexibility index (Phi) is 7.88. The fourth-order valence-corrected chi connectivity index (χ4v) is 3.58. The Labute approximate surface area is 194 Å². The van der Waals surface area contributed by atoms with Gasteiger partial charge in [0.2, 0.25) is 0 Å². The summed E-state index contributed by atoms with van der Waals surface area (Å²) in [4.78, 5) is 4.81. The molecule has 0 fully saturated rings. The van der Waals surface area contributed by atoms with Gasteiger partial charge in [-0.05, 0) is 61.7 Å². The Morgan fingerprint density at radius 3 is 2.30 bits per heavy atom. The third-order valence-corrected chi connectivity index (χ3v) is 5.41. The first-order valence-electron chi connectivity index (χ1n) is 11.2. The van der Waals surface area contributed by atoms with Crippen LogP contribution in [0.5, 0.6) is 11.5 Å². The quantitative estimate of drug-likeness (QED) is 0.243. The van der Waals surface area contributed by atoms with Crippen molar-refractivity contribution in [2.75, 3.05) is 13.2 Å². The molecule has 0 aliphatic rings. The molecule has 5 heteroatoms. The van der Waals surface area contributed by atoms with Gasteiger partial charge in [0.25, 0.3) is 0 Å². The molecule has 0 N–H and O–H groups in total. The number of hydrogen-bond donors (Lipinski definition) is 0. The first-order valence-corrected chi connectivity index (χ1v) is 11.2. The lowest BCUT2D eigenvalue weighted by atomic mass is 10.1. The number of benzene rings is 3.